The number of benzene rings is 1. The smallest absolute Gasteiger partial charge is 0.377 e. The predicted octanol–water partition coefficient (Wildman–Crippen LogP) is 3.03. The summed E-state index contributed by atoms with van der Waals surface area (Å²) in [5.74, 6) is 0. The van der Waals surface area contributed by atoms with Crippen LogP contribution in [0.25, 0.3) is 0 Å². The van der Waals surface area contributed by atoms with E-state index in [1.54, 1.807) is 21.3 Å². The molecule has 4 heteroatoms. The van der Waals surface area contributed by atoms with Crippen molar-refractivity contribution in [1.29, 1.82) is 0 Å². The lowest BCUT2D eigenvalue weighted by Crippen LogP contribution is -2.43. The van der Waals surface area contributed by atoms with Gasteiger partial charge in [0.2, 0.25) is 0 Å². The van der Waals surface area contributed by atoms with Gasteiger partial charge in [0.25, 0.3) is 0 Å². The fourth-order valence-corrected chi connectivity index (χ4v) is 3.92. The van der Waals surface area contributed by atoms with Crippen LogP contribution < -0.4 is 0 Å². The van der Waals surface area contributed by atoms with E-state index in [-0.39, 0.29) is 0 Å². The van der Waals surface area contributed by atoms with Gasteiger partial charge in [0.1, 0.15) is 0 Å². The van der Waals surface area contributed by atoms with Crippen molar-refractivity contribution in [3.63, 3.8) is 0 Å². The summed E-state index contributed by atoms with van der Waals surface area (Å²) in [4.78, 5) is 0. The lowest BCUT2D eigenvalue weighted by molar-refractivity contribution is 0.123. The molecular formula is C14H24O3Si. The highest BCUT2D eigenvalue weighted by Crippen LogP contribution is 2.21. The molecule has 0 heterocycles. The van der Waals surface area contributed by atoms with Crippen molar-refractivity contribution >= 4 is 8.80 Å². The van der Waals surface area contributed by atoms with E-state index >= 15 is 0 Å². The SMILES string of the molecule is CO[Si](CCc1cc(C)cc(C)c1C)(OC)OC. The summed E-state index contributed by atoms with van der Waals surface area (Å²) in [7, 11) is 2.52. The Balaban J connectivity index is 2.86. The standard InChI is InChI=1S/C14H24O3Si/c1-11-9-12(2)13(3)14(10-11)7-8-18(15-4,16-5)17-6/h9-10H,7-8H2,1-6H3. The number of rotatable bonds is 6. The molecule has 1 rings (SSSR count). The van der Waals surface area contributed by atoms with E-state index in [9.17, 15) is 0 Å². The molecular weight excluding hydrogens is 244 g/mol. The summed E-state index contributed by atoms with van der Waals surface area (Å²) in [6, 6.07) is 5.26. The minimum absolute atomic E-state index is 0.806. The molecule has 0 aromatic heterocycles. The molecule has 1 aromatic carbocycles. The van der Waals surface area contributed by atoms with Gasteiger partial charge < -0.3 is 13.3 Å². The summed E-state index contributed by atoms with van der Waals surface area (Å²) in [5, 5.41) is 0. The van der Waals surface area contributed by atoms with Crippen LogP contribution in [0.1, 0.15) is 22.3 Å². The first-order valence-corrected chi connectivity index (χ1v) is 8.13. The normalized spacial score (nSPS) is 11.9. The van der Waals surface area contributed by atoms with E-state index in [4.69, 9.17) is 13.3 Å². The zero-order valence-corrected chi connectivity index (χ0v) is 13.3. The van der Waals surface area contributed by atoms with Gasteiger partial charge >= 0.3 is 8.80 Å². The molecule has 102 valence electrons. The average Bonchev–Trinajstić information content (AvgIpc) is 2.37. The predicted molar refractivity (Wildman–Crippen MR) is 75.9 cm³/mol. The lowest BCUT2D eigenvalue weighted by Gasteiger charge is -2.24. The molecule has 0 saturated heterocycles. The Morgan fingerprint density at radius 1 is 0.944 bits per heavy atom. The van der Waals surface area contributed by atoms with Gasteiger partial charge in [-0.15, -0.1) is 0 Å². The molecule has 18 heavy (non-hydrogen) atoms. The summed E-state index contributed by atoms with van der Waals surface area (Å²) in [6.07, 6.45) is 0.927. The molecule has 0 atom stereocenters. The van der Waals surface area contributed by atoms with Crippen molar-refractivity contribution in [3.05, 3.63) is 34.4 Å². The second-order valence-corrected chi connectivity index (χ2v) is 7.75. The maximum atomic E-state index is 5.45. The van der Waals surface area contributed by atoms with Gasteiger partial charge in [0.05, 0.1) is 0 Å². The molecule has 0 amide bonds. The monoisotopic (exact) mass is 268 g/mol. The van der Waals surface area contributed by atoms with Gasteiger partial charge in [-0.2, -0.15) is 0 Å². The van der Waals surface area contributed by atoms with Crippen LogP contribution in [0.5, 0.6) is 0 Å². The van der Waals surface area contributed by atoms with Crippen molar-refractivity contribution in [1.82, 2.24) is 0 Å². The van der Waals surface area contributed by atoms with Crippen LogP contribution in [0.3, 0.4) is 0 Å². The third-order valence-corrected chi connectivity index (χ3v) is 6.28. The third-order valence-electron chi connectivity index (χ3n) is 3.55. The van der Waals surface area contributed by atoms with E-state index in [0.29, 0.717) is 0 Å². The van der Waals surface area contributed by atoms with Gasteiger partial charge in [-0.05, 0) is 43.9 Å². The summed E-state index contributed by atoms with van der Waals surface area (Å²) < 4.78 is 16.4. The van der Waals surface area contributed by atoms with E-state index in [2.05, 4.69) is 32.9 Å². The Morgan fingerprint density at radius 3 is 2.00 bits per heavy atom. The van der Waals surface area contributed by atoms with E-state index < -0.39 is 8.80 Å². The summed E-state index contributed by atoms with van der Waals surface area (Å²) >= 11 is 0. The van der Waals surface area contributed by atoms with Crippen LogP contribution in [0, 0.1) is 20.8 Å². The molecule has 0 bridgehead atoms. The first-order chi connectivity index (χ1) is 8.48. The molecule has 0 N–H and O–H groups in total. The number of hydrogen-bond acceptors (Lipinski definition) is 3. The topological polar surface area (TPSA) is 27.7 Å². The molecule has 3 nitrogen and oxygen atoms in total. The molecule has 0 spiro atoms. The van der Waals surface area contributed by atoms with Crippen LogP contribution >= 0.6 is 0 Å². The van der Waals surface area contributed by atoms with Gasteiger partial charge in [-0.3, -0.25) is 0 Å². The first kappa shape index (κ1) is 15.4. The number of aryl methyl sites for hydroxylation is 3. The van der Waals surface area contributed by atoms with Crippen LogP contribution in [-0.4, -0.2) is 30.1 Å². The Morgan fingerprint density at radius 2 is 1.50 bits per heavy atom. The van der Waals surface area contributed by atoms with E-state index in [0.717, 1.165) is 12.5 Å². The largest absolute Gasteiger partial charge is 0.500 e. The quantitative estimate of drug-likeness (QED) is 0.742. The fourth-order valence-electron chi connectivity index (χ4n) is 2.23. The summed E-state index contributed by atoms with van der Waals surface area (Å²) in [5.41, 5.74) is 5.35. The molecule has 0 saturated carbocycles. The minimum atomic E-state index is -2.46. The first-order valence-electron chi connectivity index (χ1n) is 6.20. The van der Waals surface area contributed by atoms with Crippen molar-refractivity contribution in [2.24, 2.45) is 0 Å². The second-order valence-electron chi connectivity index (χ2n) is 4.66. The molecule has 0 fully saturated rings. The summed E-state index contributed by atoms with van der Waals surface area (Å²) in [6.45, 7) is 6.45. The zero-order valence-electron chi connectivity index (χ0n) is 12.3. The molecule has 1 aromatic rings. The van der Waals surface area contributed by atoms with Crippen LogP contribution in [0.15, 0.2) is 12.1 Å². The van der Waals surface area contributed by atoms with Crippen LogP contribution in [0.2, 0.25) is 6.04 Å². The van der Waals surface area contributed by atoms with Crippen molar-refractivity contribution < 1.29 is 13.3 Å². The molecule has 0 aliphatic carbocycles. The van der Waals surface area contributed by atoms with Crippen molar-refractivity contribution in [3.8, 4) is 0 Å². The Kier molecular flexibility index (Phi) is 5.53. The van der Waals surface area contributed by atoms with Crippen molar-refractivity contribution in [2.75, 3.05) is 21.3 Å². The van der Waals surface area contributed by atoms with Gasteiger partial charge in [0, 0.05) is 27.4 Å². The second kappa shape index (κ2) is 6.47. The maximum absolute atomic E-state index is 5.45. The highest BCUT2D eigenvalue weighted by molar-refractivity contribution is 6.60. The van der Waals surface area contributed by atoms with Gasteiger partial charge in [-0.25, -0.2) is 0 Å². The van der Waals surface area contributed by atoms with Crippen LogP contribution in [-0.2, 0) is 19.7 Å². The maximum Gasteiger partial charge on any atom is 0.500 e. The Labute approximate surface area is 111 Å². The minimum Gasteiger partial charge on any atom is -0.377 e. The Bertz CT molecular complexity index is 392. The average molecular weight is 268 g/mol. The molecule has 0 unspecified atom stereocenters. The molecule has 0 aliphatic rings. The van der Waals surface area contributed by atoms with E-state index in [1.807, 2.05) is 0 Å². The van der Waals surface area contributed by atoms with Crippen LogP contribution in [0.4, 0.5) is 0 Å². The van der Waals surface area contributed by atoms with E-state index in [1.165, 1.54) is 22.3 Å². The zero-order chi connectivity index (χ0) is 13.8. The molecule has 0 radical (unpaired) electrons. The lowest BCUT2D eigenvalue weighted by atomic mass is 9.99. The van der Waals surface area contributed by atoms with Crippen molar-refractivity contribution in [2.45, 2.75) is 33.2 Å². The highest BCUT2D eigenvalue weighted by atomic mass is 28.4. The van der Waals surface area contributed by atoms with Gasteiger partial charge in [0.15, 0.2) is 0 Å². The number of hydrogen-bond donors (Lipinski definition) is 0. The molecule has 0 aliphatic heterocycles. The fraction of sp³-hybridized carbons (Fsp3) is 0.571. The van der Waals surface area contributed by atoms with Gasteiger partial charge in [-0.1, -0.05) is 17.7 Å². The Hall–Kier alpha value is -0.683. The third kappa shape index (κ3) is 3.42. The highest BCUT2D eigenvalue weighted by Gasteiger charge is 2.37.